The van der Waals surface area contributed by atoms with Crippen molar-refractivity contribution < 1.29 is 9.21 Å². The van der Waals surface area contributed by atoms with Gasteiger partial charge in [0.1, 0.15) is 5.58 Å². The van der Waals surface area contributed by atoms with E-state index in [1.165, 1.54) is 22.2 Å². The molecule has 174 valence electrons. The molecule has 1 amide bonds. The Morgan fingerprint density at radius 2 is 1.89 bits per heavy atom. The monoisotopic (exact) mass is 498 g/mol. The van der Waals surface area contributed by atoms with Crippen LogP contribution in [0.5, 0.6) is 0 Å². The molecule has 0 radical (unpaired) electrons. The maximum atomic E-state index is 13.5. The highest BCUT2D eigenvalue weighted by atomic mass is 32.2. The summed E-state index contributed by atoms with van der Waals surface area (Å²) in [6, 6.07) is 19.7. The van der Waals surface area contributed by atoms with Crippen molar-refractivity contribution in [1.82, 2.24) is 9.97 Å². The Hall–Kier alpha value is -3.62. The van der Waals surface area contributed by atoms with Crippen LogP contribution in [-0.4, -0.2) is 22.4 Å². The van der Waals surface area contributed by atoms with Crippen LogP contribution in [0.1, 0.15) is 26.6 Å². The number of furan rings is 1. The van der Waals surface area contributed by atoms with Gasteiger partial charge in [-0.2, -0.15) is 0 Å². The van der Waals surface area contributed by atoms with Crippen molar-refractivity contribution in [1.29, 1.82) is 0 Å². The second kappa shape index (κ2) is 9.56. The summed E-state index contributed by atoms with van der Waals surface area (Å²) in [6.45, 7) is 1.76. The highest BCUT2D eigenvalue weighted by Gasteiger charge is 2.24. The van der Waals surface area contributed by atoms with Gasteiger partial charge in [0.25, 0.3) is 5.91 Å². The van der Waals surface area contributed by atoms with E-state index in [0.717, 1.165) is 41.8 Å². The van der Waals surface area contributed by atoms with Gasteiger partial charge in [0, 0.05) is 47.1 Å². The van der Waals surface area contributed by atoms with Crippen LogP contribution in [0, 0.1) is 0 Å². The van der Waals surface area contributed by atoms with E-state index in [9.17, 15) is 4.79 Å². The van der Waals surface area contributed by atoms with Crippen molar-refractivity contribution in [2.45, 2.75) is 23.9 Å². The van der Waals surface area contributed by atoms with Gasteiger partial charge in [0.2, 0.25) is 0 Å². The number of thiophene rings is 1. The van der Waals surface area contributed by atoms with Crippen LogP contribution in [0.25, 0.3) is 11.0 Å². The Bertz CT molecular complexity index is 1500. The molecule has 0 saturated carbocycles. The van der Waals surface area contributed by atoms with Gasteiger partial charge in [-0.15, -0.1) is 11.3 Å². The van der Waals surface area contributed by atoms with Crippen LogP contribution >= 0.6 is 23.1 Å². The molecular weight excluding hydrogens is 476 g/mol. The molecule has 8 heteroatoms. The third-order valence-corrected chi connectivity index (χ3v) is 8.02. The first-order valence-electron chi connectivity index (χ1n) is 11.4. The van der Waals surface area contributed by atoms with Crippen LogP contribution in [0.2, 0.25) is 0 Å². The quantitative estimate of drug-likeness (QED) is 0.216. The number of para-hydroxylation sites is 3. The standard InChI is InChI=1S/C27H22N4O2S2/c32-26(30-21-7-2-3-8-22(21)31-14-10-24-18(16-31)11-15-34-24)25-20(17-35-27-28-12-5-13-29-27)19-6-1-4-9-23(19)33-25/h1-9,11-13,15H,10,14,16-17H2,(H,30,32). The van der Waals surface area contributed by atoms with Gasteiger partial charge < -0.3 is 14.6 Å². The number of anilines is 2. The van der Waals surface area contributed by atoms with E-state index in [0.29, 0.717) is 22.3 Å². The first kappa shape index (κ1) is 21.9. The summed E-state index contributed by atoms with van der Waals surface area (Å²) in [7, 11) is 0. The Kier molecular flexibility index (Phi) is 5.98. The van der Waals surface area contributed by atoms with Crippen molar-refractivity contribution in [2.24, 2.45) is 0 Å². The summed E-state index contributed by atoms with van der Waals surface area (Å²) < 4.78 is 6.06. The van der Waals surface area contributed by atoms with Crippen LogP contribution in [0.3, 0.4) is 0 Å². The molecule has 0 unspecified atom stereocenters. The second-order valence-corrected chi connectivity index (χ2v) is 10.2. The number of benzene rings is 2. The van der Waals surface area contributed by atoms with Crippen LogP contribution in [-0.2, 0) is 18.7 Å². The summed E-state index contributed by atoms with van der Waals surface area (Å²) >= 11 is 3.30. The third kappa shape index (κ3) is 4.42. The average Bonchev–Trinajstić information content (AvgIpc) is 3.52. The number of thioether (sulfide) groups is 1. The molecule has 2 aromatic carbocycles. The van der Waals surface area contributed by atoms with Crippen molar-refractivity contribution in [3.8, 4) is 0 Å². The van der Waals surface area contributed by atoms with E-state index in [2.05, 4.69) is 37.7 Å². The fourth-order valence-electron chi connectivity index (χ4n) is 4.41. The molecule has 4 heterocycles. The van der Waals surface area contributed by atoms with Crippen molar-refractivity contribution in [3.05, 3.63) is 100 Å². The number of carbonyl (C=O) groups is 1. The molecule has 6 rings (SSSR count). The molecule has 0 fully saturated rings. The molecule has 35 heavy (non-hydrogen) atoms. The van der Waals surface area contributed by atoms with Crippen LogP contribution in [0.15, 0.2) is 88.0 Å². The Balaban J connectivity index is 1.29. The number of hydrogen-bond acceptors (Lipinski definition) is 7. The zero-order valence-corrected chi connectivity index (χ0v) is 20.4. The number of hydrogen-bond donors (Lipinski definition) is 1. The number of rotatable bonds is 6. The Labute approximate surface area is 211 Å². The lowest BCUT2D eigenvalue weighted by atomic mass is 10.1. The highest BCUT2D eigenvalue weighted by molar-refractivity contribution is 7.98. The third-order valence-electron chi connectivity index (χ3n) is 6.09. The van der Waals surface area contributed by atoms with Gasteiger partial charge in [-0.1, -0.05) is 42.1 Å². The van der Waals surface area contributed by atoms with Gasteiger partial charge in [0.15, 0.2) is 10.9 Å². The van der Waals surface area contributed by atoms with Crippen LogP contribution in [0.4, 0.5) is 11.4 Å². The lowest BCUT2D eigenvalue weighted by Crippen LogP contribution is -2.30. The molecule has 0 spiro atoms. The van der Waals surface area contributed by atoms with E-state index in [1.807, 2.05) is 53.8 Å². The summed E-state index contributed by atoms with van der Waals surface area (Å²) in [5.74, 6) is 0.591. The zero-order valence-electron chi connectivity index (χ0n) is 18.8. The Morgan fingerprint density at radius 1 is 1.06 bits per heavy atom. The number of fused-ring (bicyclic) bond motifs is 2. The van der Waals surface area contributed by atoms with E-state index < -0.39 is 0 Å². The first-order valence-corrected chi connectivity index (χ1v) is 13.2. The Morgan fingerprint density at radius 3 is 2.80 bits per heavy atom. The lowest BCUT2D eigenvalue weighted by Gasteiger charge is -2.30. The normalized spacial score (nSPS) is 13.1. The predicted octanol–water partition coefficient (Wildman–Crippen LogP) is 6.39. The van der Waals surface area contributed by atoms with E-state index >= 15 is 0 Å². The molecule has 1 N–H and O–H groups in total. The maximum Gasteiger partial charge on any atom is 0.291 e. The van der Waals surface area contributed by atoms with Gasteiger partial charge in [0.05, 0.1) is 11.4 Å². The number of nitrogens with one attached hydrogen (secondary N) is 1. The van der Waals surface area contributed by atoms with Crippen LogP contribution < -0.4 is 10.2 Å². The minimum absolute atomic E-state index is 0.258. The molecule has 0 aliphatic carbocycles. The van der Waals surface area contributed by atoms with E-state index in [-0.39, 0.29) is 5.91 Å². The summed E-state index contributed by atoms with van der Waals surface area (Å²) in [4.78, 5) is 25.9. The fourth-order valence-corrected chi connectivity index (χ4v) is 6.13. The van der Waals surface area contributed by atoms with Crippen molar-refractivity contribution >= 4 is 51.3 Å². The second-order valence-electron chi connectivity index (χ2n) is 8.24. The molecule has 5 aromatic rings. The number of aromatic nitrogens is 2. The molecule has 1 aliphatic rings. The zero-order chi connectivity index (χ0) is 23.6. The number of amides is 1. The predicted molar refractivity (Wildman–Crippen MR) is 141 cm³/mol. The van der Waals surface area contributed by atoms with Crippen molar-refractivity contribution in [3.63, 3.8) is 0 Å². The van der Waals surface area contributed by atoms with Crippen molar-refractivity contribution in [2.75, 3.05) is 16.8 Å². The van der Waals surface area contributed by atoms with E-state index in [4.69, 9.17) is 4.42 Å². The summed E-state index contributed by atoms with van der Waals surface area (Å²) in [5, 5.41) is 6.87. The number of nitrogens with zero attached hydrogens (tertiary/aromatic N) is 3. The summed E-state index contributed by atoms with van der Waals surface area (Å²) in [6.07, 6.45) is 4.45. The largest absolute Gasteiger partial charge is 0.451 e. The van der Waals surface area contributed by atoms with Gasteiger partial charge >= 0.3 is 0 Å². The molecule has 0 bridgehead atoms. The average molecular weight is 499 g/mol. The smallest absolute Gasteiger partial charge is 0.291 e. The lowest BCUT2D eigenvalue weighted by molar-refractivity contribution is 0.0998. The highest BCUT2D eigenvalue weighted by Crippen LogP contribution is 2.34. The van der Waals surface area contributed by atoms with Gasteiger partial charge in [-0.05, 0) is 47.7 Å². The molecule has 1 aliphatic heterocycles. The molecule has 0 saturated heterocycles. The summed E-state index contributed by atoms with van der Waals surface area (Å²) in [5.41, 5.74) is 4.69. The minimum Gasteiger partial charge on any atom is -0.451 e. The number of carbonyl (C=O) groups excluding carboxylic acids is 1. The SMILES string of the molecule is O=C(Nc1ccccc1N1CCc2sccc2C1)c1oc2ccccc2c1CSc1ncccn1. The van der Waals surface area contributed by atoms with E-state index in [1.54, 1.807) is 18.5 Å². The van der Waals surface area contributed by atoms with Gasteiger partial charge in [-0.25, -0.2) is 9.97 Å². The molecule has 6 nitrogen and oxygen atoms in total. The minimum atomic E-state index is -0.258. The first-order chi connectivity index (χ1) is 17.3. The van der Waals surface area contributed by atoms with Gasteiger partial charge in [-0.3, -0.25) is 4.79 Å². The fraction of sp³-hybridized carbons (Fsp3) is 0.148. The molecule has 3 aromatic heterocycles. The maximum absolute atomic E-state index is 13.5. The topological polar surface area (TPSA) is 71.3 Å². The molecular formula is C27H22N4O2S2. The molecule has 0 atom stereocenters.